The minimum absolute atomic E-state index is 0.130. The van der Waals surface area contributed by atoms with Crippen LogP contribution in [0.1, 0.15) is 29.8 Å². The maximum atomic E-state index is 12.2. The van der Waals surface area contributed by atoms with Gasteiger partial charge >= 0.3 is 0 Å². The lowest BCUT2D eigenvalue weighted by Crippen LogP contribution is -1.96. The Kier molecular flexibility index (Phi) is 6.40. The molecule has 0 atom stereocenters. The molecule has 4 nitrogen and oxygen atoms in total. The van der Waals surface area contributed by atoms with Crippen molar-refractivity contribution >= 4 is 11.9 Å². The molecule has 1 N–H and O–H groups in total. The first kappa shape index (κ1) is 18.3. The van der Waals surface area contributed by atoms with Gasteiger partial charge in [-0.2, -0.15) is 0 Å². The lowest BCUT2D eigenvalue weighted by Gasteiger charge is -2.09. The summed E-state index contributed by atoms with van der Waals surface area (Å²) in [4.78, 5) is 12.2. The molecule has 130 valence electrons. The highest BCUT2D eigenvalue weighted by Crippen LogP contribution is 2.26. The van der Waals surface area contributed by atoms with Crippen molar-refractivity contribution in [1.29, 1.82) is 0 Å². The van der Waals surface area contributed by atoms with Crippen LogP contribution in [-0.2, 0) is 0 Å². The van der Waals surface area contributed by atoms with Crippen molar-refractivity contribution in [2.45, 2.75) is 13.8 Å². The van der Waals surface area contributed by atoms with Crippen LogP contribution in [0.5, 0.6) is 17.2 Å². The lowest BCUT2D eigenvalue weighted by atomic mass is 10.1. The lowest BCUT2D eigenvalue weighted by molar-refractivity contribution is 0.104. The van der Waals surface area contributed by atoms with E-state index in [1.807, 2.05) is 32.1 Å². The molecular weight excluding hydrogens is 316 g/mol. The number of hydrogen-bond acceptors (Lipinski definition) is 4. The van der Waals surface area contributed by atoms with Gasteiger partial charge in [0.15, 0.2) is 5.78 Å². The number of carbonyl (C=O) groups is 1. The second-order valence-corrected chi connectivity index (χ2v) is 5.74. The minimum atomic E-state index is -0.147. The van der Waals surface area contributed by atoms with Crippen LogP contribution in [0, 0.1) is 0 Å². The third-order valence-electron chi connectivity index (χ3n) is 3.51. The third-order valence-corrected chi connectivity index (χ3v) is 3.51. The molecule has 25 heavy (non-hydrogen) atoms. The summed E-state index contributed by atoms with van der Waals surface area (Å²) in [6.45, 7) is 4.53. The van der Waals surface area contributed by atoms with E-state index in [1.165, 1.54) is 23.8 Å². The summed E-state index contributed by atoms with van der Waals surface area (Å²) >= 11 is 0. The Bertz CT molecular complexity index is 782. The SMILES string of the molecule is COc1cc(OCC=C(C)C)ccc1/C=C/C(=O)c1ccc(O)cc1. The van der Waals surface area contributed by atoms with Gasteiger partial charge in [-0.05, 0) is 68.5 Å². The van der Waals surface area contributed by atoms with Crippen LogP contribution >= 0.6 is 0 Å². The molecule has 0 bridgehead atoms. The van der Waals surface area contributed by atoms with Crippen LogP contribution in [0.3, 0.4) is 0 Å². The maximum Gasteiger partial charge on any atom is 0.185 e. The second kappa shape index (κ2) is 8.73. The number of carbonyl (C=O) groups excluding carboxylic acids is 1. The highest BCUT2D eigenvalue weighted by molar-refractivity contribution is 6.07. The molecular formula is C21H22O4. The molecule has 0 saturated carbocycles. The number of benzene rings is 2. The summed E-state index contributed by atoms with van der Waals surface area (Å²) < 4.78 is 11.0. The largest absolute Gasteiger partial charge is 0.508 e. The first-order chi connectivity index (χ1) is 12.0. The van der Waals surface area contributed by atoms with Crippen LogP contribution < -0.4 is 9.47 Å². The van der Waals surface area contributed by atoms with Crippen molar-refractivity contribution in [2.24, 2.45) is 0 Å². The van der Waals surface area contributed by atoms with E-state index in [2.05, 4.69) is 0 Å². The molecule has 0 heterocycles. The molecule has 0 radical (unpaired) electrons. The molecule has 0 amide bonds. The van der Waals surface area contributed by atoms with E-state index in [4.69, 9.17) is 9.47 Å². The molecule has 0 aliphatic carbocycles. The zero-order valence-electron chi connectivity index (χ0n) is 14.7. The number of hydrogen-bond donors (Lipinski definition) is 1. The quantitative estimate of drug-likeness (QED) is 0.454. The van der Waals surface area contributed by atoms with Crippen molar-refractivity contribution in [3.05, 3.63) is 71.3 Å². The highest BCUT2D eigenvalue weighted by Gasteiger charge is 2.05. The molecule has 0 saturated heterocycles. The van der Waals surface area contributed by atoms with Crippen LogP contribution in [0.4, 0.5) is 0 Å². The first-order valence-corrected chi connectivity index (χ1v) is 7.95. The van der Waals surface area contributed by atoms with Crippen molar-refractivity contribution in [3.8, 4) is 17.2 Å². The van der Waals surface area contributed by atoms with E-state index in [-0.39, 0.29) is 11.5 Å². The number of phenols is 1. The molecule has 0 aliphatic rings. The number of methoxy groups -OCH3 is 1. The Labute approximate surface area is 148 Å². The molecule has 0 spiro atoms. The second-order valence-electron chi connectivity index (χ2n) is 5.74. The summed E-state index contributed by atoms with van der Waals surface area (Å²) in [6, 6.07) is 11.6. The Balaban J connectivity index is 2.11. The molecule has 4 heteroatoms. The van der Waals surface area contributed by atoms with Gasteiger partial charge in [0, 0.05) is 17.2 Å². The van der Waals surface area contributed by atoms with Crippen LogP contribution in [-0.4, -0.2) is 24.6 Å². The van der Waals surface area contributed by atoms with Gasteiger partial charge in [-0.3, -0.25) is 4.79 Å². The number of rotatable bonds is 7. The molecule has 0 unspecified atom stereocenters. The number of aromatic hydroxyl groups is 1. The number of allylic oxidation sites excluding steroid dienone is 2. The predicted octanol–water partition coefficient (Wildman–Crippen LogP) is 4.64. The zero-order valence-corrected chi connectivity index (χ0v) is 14.7. The summed E-state index contributed by atoms with van der Waals surface area (Å²) in [6.07, 6.45) is 5.18. The first-order valence-electron chi connectivity index (χ1n) is 7.95. The fourth-order valence-electron chi connectivity index (χ4n) is 2.11. The number of ketones is 1. The fourth-order valence-corrected chi connectivity index (χ4v) is 2.11. The van der Waals surface area contributed by atoms with Crippen molar-refractivity contribution in [2.75, 3.05) is 13.7 Å². The molecule has 0 fully saturated rings. The average Bonchev–Trinajstić information content (AvgIpc) is 2.60. The monoisotopic (exact) mass is 338 g/mol. The summed E-state index contributed by atoms with van der Waals surface area (Å²) in [5.74, 6) is 1.32. The van der Waals surface area contributed by atoms with Gasteiger partial charge in [0.25, 0.3) is 0 Å². The number of ether oxygens (including phenoxy) is 2. The van der Waals surface area contributed by atoms with Crippen molar-refractivity contribution in [1.82, 2.24) is 0 Å². The van der Waals surface area contributed by atoms with E-state index in [9.17, 15) is 9.90 Å². The predicted molar refractivity (Wildman–Crippen MR) is 99.4 cm³/mol. The molecule has 2 aromatic rings. The van der Waals surface area contributed by atoms with Gasteiger partial charge in [-0.15, -0.1) is 0 Å². The summed E-state index contributed by atoms with van der Waals surface area (Å²) in [7, 11) is 1.58. The standard InChI is InChI=1S/C21H22O4/c1-15(2)12-13-25-19-10-6-17(21(14-19)24-3)7-11-20(23)16-4-8-18(22)9-5-16/h4-12,14,22H,13H2,1-3H3/b11-7+. The van der Waals surface area contributed by atoms with E-state index >= 15 is 0 Å². The van der Waals surface area contributed by atoms with Crippen molar-refractivity contribution < 1.29 is 19.4 Å². The highest BCUT2D eigenvalue weighted by atomic mass is 16.5. The van der Waals surface area contributed by atoms with E-state index < -0.39 is 0 Å². The Morgan fingerprint density at radius 1 is 1.12 bits per heavy atom. The minimum Gasteiger partial charge on any atom is -0.508 e. The van der Waals surface area contributed by atoms with Crippen molar-refractivity contribution in [3.63, 3.8) is 0 Å². The average molecular weight is 338 g/mol. The van der Waals surface area contributed by atoms with Crippen LogP contribution in [0.2, 0.25) is 0 Å². The van der Waals surface area contributed by atoms with Gasteiger partial charge in [-0.25, -0.2) is 0 Å². The van der Waals surface area contributed by atoms with Gasteiger partial charge in [-0.1, -0.05) is 5.57 Å². The molecule has 2 rings (SSSR count). The molecule has 2 aromatic carbocycles. The van der Waals surface area contributed by atoms with Gasteiger partial charge in [0.1, 0.15) is 23.9 Å². The smallest absolute Gasteiger partial charge is 0.185 e. The van der Waals surface area contributed by atoms with E-state index in [1.54, 1.807) is 31.4 Å². The summed E-state index contributed by atoms with van der Waals surface area (Å²) in [5, 5.41) is 9.27. The summed E-state index contributed by atoms with van der Waals surface area (Å²) in [5.41, 5.74) is 2.48. The van der Waals surface area contributed by atoms with Gasteiger partial charge < -0.3 is 14.6 Å². The van der Waals surface area contributed by atoms with Crippen LogP contribution in [0.25, 0.3) is 6.08 Å². The normalized spacial score (nSPS) is 10.5. The topological polar surface area (TPSA) is 55.8 Å². The third kappa shape index (κ3) is 5.53. The number of phenolic OH excluding ortho intramolecular Hbond substituents is 1. The Hall–Kier alpha value is -3.01. The van der Waals surface area contributed by atoms with Gasteiger partial charge in [0.05, 0.1) is 7.11 Å². The molecule has 0 aliphatic heterocycles. The van der Waals surface area contributed by atoms with E-state index in [0.29, 0.717) is 23.7 Å². The Morgan fingerprint density at radius 2 is 1.84 bits per heavy atom. The molecule has 0 aromatic heterocycles. The maximum absolute atomic E-state index is 12.2. The van der Waals surface area contributed by atoms with Crippen LogP contribution in [0.15, 0.2) is 60.2 Å². The Morgan fingerprint density at radius 3 is 2.48 bits per heavy atom. The van der Waals surface area contributed by atoms with E-state index in [0.717, 1.165) is 5.56 Å². The zero-order chi connectivity index (χ0) is 18.2. The fraction of sp³-hybridized carbons (Fsp3) is 0.190. The van der Waals surface area contributed by atoms with Gasteiger partial charge in [0.2, 0.25) is 0 Å².